The van der Waals surface area contributed by atoms with Gasteiger partial charge in [0.15, 0.2) is 5.82 Å². The zero-order chi connectivity index (χ0) is 26.2. The molecule has 4 rings (SSSR count). The minimum atomic E-state index is -0.833. The van der Waals surface area contributed by atoms with Gasteiger partial charge in [0.05, 0.1) is 7.11 Å². The van der Waals surface area contributed by atoms with Gasteiger partial charge in [-0.3, -0.25) is 15.2 Å². The number of nitrogens with zero attached hydrogens (tertiary/aromatic N) is 5. The second kappa shape index (κ2) is 11.4. The number of amidine groups is 1. The highest BCUT2D eigenvalue weighted by atomic mass is 16.5. The van der Waals surface area contributed by atoms with E-state index in [1.165, 1.54) is 19.5 Å². The van der Waals surface area contributed by atoms with Crippen molar-refractivity contribution in [2.75, 3.05) is 12.4 Å². The number of aryl methyl sites for hydroxylation is 1. The van der Waals surface area contributed by atoms with Crippen LogP contribution in [0.4, 0.5) is 5.69 Å². The van der Waals surface area contributed by atoms with E-state index < -0.39 is 17.7 Å². The summed E-state index contributed by atoms with van der Waals surface area (Å²) in [6.07, 6.45) is 3.07. The highest BCUT2D eigenvalue weighted by Crippen LogP contribution is 2.27. The molecule has 0 saturated heterocycles. The Balaban J connectivity index is 0.000000840. The van der Waals surface area contributed by atoms with E-state index in [-0.39, 0.29) is 11.8 Å². The van der Waals surface area contributed by atoms with Gasteiger partial charge in [-0.25, -0.2) is 19.7 Å². The van der Waals surface area contributed by atoms with Crippen LogP contribution in [0.5, 0.6) is 5.88 Å². The van der Waals surface area contributed by atoms with Crippen molar-refractivity contribution >= 4 is 17.5 Å². The number of nitrogen functional groups attached to an aromatic ring is 1. The summed E-state index contributed by atoms with van der Waals surface area (Å²) in [5, 5.41) is 22.8. The van der Waals surface area contributed by atoms with Gasteiger partial charge in [-0.2, -0.15) is 0 Å². The first kappa shape index (κ1) is 25.6. The third kappa shape index (κ3) is 6.50. The third-order valence-corrected chi connectivity index (χ3v) is 4.65. The molecular weight excluding hydrogens is 466 g/mol. The number of nitrogens with two attached hydrogens (primary N) is 1. The lowest BCUT2D eigenvalue weighted by Crippen LogP contribution is -2.18. The number of aromatic amines is 1. The summed E-state index contributed by atoms with van der Waals surface area (Å²) >= 11 is 0. The summed E-state index contributed by atoms with van der Waals surface area (Å²) in [5.74, 6) is 0.0965. The van der Waals surface area contributed by atoms with Gasteiger partial charge in [0.25, 0.3) is 11.9 Å². The molecule has 36 heavy (non-hydrogen) atoms. The molecule has 0 bridgehead atoms. The maximum atomic E-state index is 12.6. The van der Waals surface area contributed by atoms with Crippen LogP contribution in [-0.4, -0.2) is 53.7 Å². The summed E-state index contributed by atoms with van der Waals surface area (Å²) < 4.78 is 6.42. The van der Waals surface area contributed by atoms with E-state index in [1.54, 1.807) is 36.4 Å². The molecule has 0 saturated carbocycles. The third-order valence-electron chi connectivity index (χ3n) is 4.65. The quantitative estimate of drug-likeness (QED) is 0.187. The van der Waals surface area contributed by atoms with E-state index in [2.05, 4.69) is 30.4 Å². The Hall–Kier alpha value is -5.07. The number of benzene rings is 1. The van der Waals surface area contributed by atoms with Crippen LogP contribution in [-0.2, 0) is 4.79 Å². The number of anilines is 1. The number of carboxylic acid groups (broad SMARTS) is 1. The molecule has 0 spiro atoms. The van der Waals surface area contributed by atoms with E-state index >= 15 is 0 Å². The van der Waals surface area contributed by atoms with Crippen LogP contribution in [0.3, 0.4) is 0 Å². The minimum absolute atomic E-state index is 0.0199. The van der Waals surface area contributed by atoms with Crippen molar-refractivity contribution in [3.63, 3.8) is 0 Å². The molecule has 0 fully saturated rings. The highest BCUT2D eigenvalue weighted by molar-refractivity contribution is 5.95. The Labute approximate surface area is 205 Å². The Morgan fingerprint density at radius 2 is 1.86 bits per heavy atom. The molecule has 1 unspecified atom stereocenters. The summed E-state index contributed by atoms with van der Waals surface area (Å²) in [5.41, 5.74) is 7.94. The van der Waals surface area contributed by atoms with Crippen molar-refractivity contribution in [3.8, 4) is 11.8 Å². The number of hydrogen-bond acceptors (Lipinski definition) is 9. The van der Waals surface area contributed by atoms with Crippen molar-refractivity contribution in [1.29, 1.82) is 5.41 Å². The number of carboxylic acids is 1. The van der Waals surface area contributed by atoms with E-state index in [0.29, 0.717) is 17.3 Å². The molecule has 6 N–H and O–H groups in total. The van der Waals surface area contributed by atoms with Crippen LogP contribution in [0.25, 0.3) is 5.95 Å². The second-order valence-electron chi connectivity index (χ2n) is 7.45. The Kier molecular flexibility index (Phi) is 8.07. The zero-order valence-corrected chi connectivity index (χ0v) is 19.8. The fourth-order valence-electron chi connectivity index (χ4n) is 3.16. The number of carbonyl (C=O) groups is 1. The number of rotatable bonds is 7. The topological polar surface area (TPSA) is 198 Å². The van der Waals surface area contributed by atoms with Gasteiger partial charge in [0, 0.05) is 42.3 Å². The standard InChI is InChI=1S/C21H21N9O2.C2H4O2/c1-12-10-14(11-16(26-12)32-2)17(27-15-6-4-13(5-7-15)18(22)23)19-28-21(31)30(29-19)20-24-8-3-9-25-20;1-2(3)4/h3-11,17,27H,1-2H3,(H3,22,23)(H,28,29,31);1H3,(H,3,4). The van der Waals surface area contributed by atoms with Crippen molar-refractivity contribution in [2.24, 2.45) is 5.73 Å². The summed E-state index contributed by atoms with van der Waals surface area (Å²) in [6.45, 7) is 2.93. The second-order valence-corrected chi connectivity index (χ2v) is 7.45. The van der Waals surface area contributed by atoms with Crippen LogP contribution in [0.15, 0.2) is 59.7 Å². The van der Waals surface area contributed by atoms with Gasteiger partial charge < -0.3 is 20.9 Å². The number of nitrogens with one attached hydrogen (secondary N) is 3. The largest absolute Gasteiger partial charge is 0.481 e. The summed E-state index contributed by atoms with van der Waals surface area (Å²) in [4.78, 5) is 36.9. The first-order valence-electron chi connectivity index (χ1n) is 10.6. The molecule has 3 heterocycles. The Bertz CT molecular complexity index is 1400. The monoisotopic (exact) mass is 491 g/mol. The van der Waals surface area contributed by atoms with Gasteiger partial charge in [0.2, 0.25) is 5.88 Å². The van der Waals surface area contributed by atoms with Gasteiger partial charge in [-0.05, 0) is 48.9 Å². The van der Waals surface area contributed by atoms with Crippen molar-refractivity contribution in [2.45, 2.75) is 19.9 Å². The molecule has 186 valence electrons. The lowest BCUT2D eigenvalue weighted by molar-refractivity contribution is -0.134. The smallest absolute Gasteiger partial charge is 0.350 e. The Morgan fingerprint density at radius 3 is 2.44 bits per heavy atom. The molecule has 1 aromatic carbocycles. The molecule has 3 aromatic heterocycles. The average Bonchev–Trinajstić information content (AvgIpc) is 3.23. The van der Waals surface area contributed by atoms with Crippen LogP contribution in [0.1, 0.15) is 35.6 Å². The van der Waals surface area contributed by atoms with Crippen LogP contribution in [0.2, 0.25) is 0 Å². The van der Waals surface area contributed by atoms with Gasteiger partial charge in [0.1, 0.15) is 11.9 Å². The van der Waals surface area contributed by atoms with Crippen molar-refractivity contribution in [3.05, 3.63) is 88.0 Å². The number of ether oxygens (including phenoxy) is 1. The average molecular weight is 492 g/mol. The van der Waals surface area contributed by atoms with Crippen LogP contribution < -0.4 is 21.5 Å². The fraction of sp³-hybridized carbons (Fsp3) is 0.174. The van der Waals surface area contributed by atoms with E-state index in [4.69, 9.17) is 25.8 Å². The van der Waals surface area contributed by atoms with E-state index in [9.17, 15) is 4.79 Å². The molecule has 4 aromatic rings. The molecule has 13 nitrogen and oxygen atoms in total. The molecule has 0 aliphatic heterocycles. The molecule has 0 aliphatic rings. The number of hydrogen-bond donors (Lipinski definition) is 5. The number of aromatic nitrogens is 6. The van der Waals surface area contributed by atoms with Crippen LogP contribution in [0, 0.1) is 12.3 Å². The summed E-state index contributed by atoms with van der Waals surface area (Å²) in [7, 11) is 1.54. The van der Waals surface area contributed by atoms with Gasteiger partial charge in [-0.1, -0.05) is 0 Å². The lowest BCUT2D eigenvalue weighted by Gasteiger charge is -2.19. The summed E-state index contributed by atoms with van der Waals surface area (Å²) in [6, 6.07) is 11.8. The highest BCUT2D eigenvalue weighted by Gasteiger charge is 2.22. The van der Waals surface area contributed by atoms with E-state index in [1.807, 2.05) is 13.0 Å². The maximum absolute atomic E-state index is 12.6. The fourth-order valence-corrected chi connectivity index (χ4v) is 3.16. The van der Waals surface area contributed by atoms with Crippen molar-refractivity contribution in [1.82, 2.24) is 29.7 Å². The number of pyridine rings is 1. The molecule has 0 aliphatic carbocycles. The predicted octanol–water partition coefficient (Wildman–Crippen LogP) is 1.64. The maximum Gasteiger partial charge on any atom is 0.350 e. The molecule has 13 heteroatoms. The predicted molar refractivity (Wildman–Crippen MR) is 132 cm³/mol. The molecular formula is C23H25N9O4. The Morgan fingerprint density at radius 1 is 1.22 bits per heavy atom. The minimum Gasteiger partial charge on any atom is -0.481 e. The molecule has 0 radical (unpaired) electrons. The number of methoxy groups -OCH3 is 1. The zero-order valence-electron chi connectivity index (χ0n) is 19.8. The number of H-pyrrole nitrogens is 1. The van der Waals surface area contributed by atoms with Gasteiger partial charge in [-0.15, -0.1) is 9.78 Å². The van der Waals surface area contributed by atoms with Crippen LogP contribution >= 0.6 is 0 Å². The first-order chi connectivity index (χ1) is 17.2. The SMILES string of the molecule is CC(=O)O.COc1cc(C(Nc2ccc(C(=N)N)cc2)c2nn(-c3ncccn3)c(=O)[nH]2)cc(C)n1. The van der Waals surface area contributed by atoms with Crippen molar-refractivity contribution < 1.29 is 14.6 Å². The van der Waals surface area contributed by atoms with E-state index in [0.717, 1.165) is 28.6 Å². The first-order valence-corrected chi connectivity index (χ1v) is 10.6. The molecule has 1 atom stereocenters. The number of aliphatic carboxylic acids is 1. The van der Waals surface area contributed by atoms with Gasteiger partial charge >= 0.3 is 5.69 Å². The normalized spacial score (nSPS) is 11.1. The lowest BCUT2D eigenvalue weighted by atomic mass is 10.1. The molecule has 0 amide bonds.